The highest BCUT2D eigenvalue weighted by atomic mass is 16.6. The van der Waals surface area contributed by atoms with Crippen LogP contribution in [0.4, 0.5) is 0 Å². The Kier molecular flexibility index (Phi) is 6.12. The van der Waals surface area contributed by atoms with Gasteiger partial charge in [0.1, 0.15) is 19.0 Å². The van der Waals surface area contributed by atoms with Gasteiger partial charge in [0.15, 0.2) is 5.78 Å². The van der Waals surface area contributed by atoms with Crippen molar-refractivity contribution in [2.24, 2.45) is 0 Å². The molecule has 0 atom stereocenters. The molecule has 25 heavy (non-hydrogen) atoms. The molecular formula is C21H22O4. The number of hydrogen-bond donors (Lipinski definition) is 0. The number of carbonyl (C=O) groups excluding carboxylic acids is 2. The van der Waals surface area contributed by atoms with E-state index < -0.39 is 5.97 Å². The number of rotatable bonds is 7. The van der Waals surface area contributed by atoms with E-state index in [4.69, 9.17) is 9.47 Å². The average Bonchev–Trinajstić information content (AvgIpc) is 2.60. The molecule has 2 aromatic rings. The van der Waals surface area contributed by atoms with E-state index >= 15 is 0 Å². The Bertz CT molecular complexity index is 791. The number of ether oxygens (including phenoxy) is 2. The van der Waals surface area contributed by atoms with Gasteiger partial charge in [-0.2, -0.15) is 0 Å². The van der Waals surface area contributed by atoms with Crippen molar-refractivity contribution in [1.29, 1.82) is 0 Å². The fourth-order valence-corrected chi connectivity index (χ4v) is 2.34. The van der Waals surface area contributed by atoms with Crippen LogP contribution < -0.4 is 4.74 Å². The quantitative estimate of drug-likeness (QED) is 0.331. The van der Waals surface area contributed by atoms with Gasteiger partial charge in [-0.05, 0) is 44.0 Å². The molecule has 0 unspecified atom stereocenters. The van der Waals surface area contributed by atoms with Gasteiger partial charge in [-0.25, -0.2) is 4.79 Å². The zero-order valence-corrected chi connectivity index (χ0v) is 14.8. The van der Waals surface area contributed by atoms with Crippen LogP contribution in [0.25, 0.3) is 0 Å². The molecule has 0 spiro atoms. The molecule has 4 nitrogen and oxygen atoms in total. The van der Waals surface area contributed by atoms with E-state index in [-0.39, 0.29) is 19.0 Å². The Morgan fingerprint density at radius 3 is 2.32 bits per heavy atom. The molecule has 4 heteroatoms. The van der Waals surface area contributed by atoms with Crippen molar-refractivity contribution >= 4 is 11.8 Å². The van der Waals surface area contributed by atoms with E-state index in [1.165, 1.54) is 0 Å². The Labute approximate surface area is 148 Å². The molecule has 0 fully saturated rings. The van der Waals surface area contributed by atoms with Crippen molar-refractivity contribution in [1.82, 2.24) is 0 Å². The maximum absolute atomic E-state index is 12.6. The summed E-state index contributed by atoms with van der Waals surface area (Å²) in [6.07, 6.45) is 0. The summed E-state index contributed by atoms with van der Waals surface area (Å²) in [4.78, 5) is 23.9. The minimum Gasteiger partial charge on any atom is -0.490 e. The first-order valence-electron chi connectivity index (χ1n) is 8.06. The number of esters is 1. The minimum atomic E-state index is -0.430. The topological polar surface area (TPSA) is 52.6 Å². The van der Waals surface area contributed by atoms with Crippen LogP contribution in [-0.4, -0.2) is 25.0 Å². The molecule has 0 bridgehead atoms. The van der Waals surface area contributed by atoms with Crippen LogP contribution in [0.15, 0.2) is 54.6 Å². The molecule has 0 aliphatic rings. The zero-order chi connectivity index (χ0) is 18.4. The van der Waals surface area contributed by atoms with Crippen LogP contribution in [0.1, 0.15) is 34.0 Å². The first kappa shape index (κ1) is 18.5. The molecule has 0 aliphatic carbocycles. The Balaban J connectivity index is 2.06. The van der Waals surface area contributed by atoms with Crippen molar-refractivity contribution in [3.8, 4) is 5.75 Å². The van der Waals surface area contributed by atoms with E-state index in [0.717, 1.165) is 11.1 Å². The second-order valence-corrected chi connectivity index (χ2v) is 5.89. The molecular weight excluding hydrogens is 316 g/mol. The third kappa shape index (κ3) is 4.80. The zero-order valence-electron chi connectivity index (χ0n) is 14.8. The molecule has 0 aliphatic heterocycles. The summed E-state index contributed by atoms with van der Waals surface area (Å²) in [6, 6.07) is 12.9. The third-order valence-electron chi connectivity index (χ3n) is 3.73. The van der Waals surface area contributed by atoms with Gasteiger partial charge in [0, 0.05) is 16.7 Å². The summed E-state index contributed by atoms with van der Waals surface area (Å²) in [5, 5.41) is 0. The second-order valence-electron chi connectivity index (χ2n) is 5.89. The van der Waals surface area contributed by atoms with Crippen LogP contribution in [-0.2, 0) is 9.53 Å². The maximum Gasteiger partial charge on any atom is 0.333 e. The van der Waals surface area contributed by atoms with Crippen molar-refractivity contribution in [3.05, 3.63) is 76.9 Å². The van der Waals surface area contributed by atoms with Crippen LogP contribution in [0, 0.1) is 13.8 Å². The third-order valence-corrected chi connectivity index (χ3v) is 3.73. The minimum absolute atomic E-state index is 0.0110. The van der Waals surface area contributed by atoms with Gasteiger partial charge >= 0.3 is 5.97 Å². The average molecular weight is 338 g/mol. The number of benzene rings is 2. The molecule has 2 aromatic carbocycles. The number of aryl methyl sites for hydroxylation is 2. The van der Waals surface area contributed by atoms with E-state index in [9.17, 15) is 9.59 Å². The molecule has 0 amide bonds. The second kappa shape index (κ2) is 8.29. The fraction of sp³-hybridized carbons (Fsp3) is 0.238. The predicted molar refractivity (Wildman–Crippen MR) is 97.1 cm³/mol. The van der Waals surface area contributed by atoms with Gasteiger partial charge in [-0.1, -0.05) is 36.9 Å². The highest BCUT2D eigenvalue weighted by Gasteiger charge is 2.14. The summed E-state index contributed by atoms with van der Waals surface area (Å²) in [5.41, 5.74) is 3.37. The predicted octanol–water partition coefficient (Wildman–Crippen LogP) is 4.03. The fourth-order valence-electron chi connectivity index (χ4n) is 2.34. The summed E-state index contributed by atoms with van der Waals surface area (Å²) in [7, 11) is 0. The van der Waals surface area contributed by atoms with E-state index in [1.54, 1.807) is 19.1 Å². The van der Waals surface area contributed by atoms with Gasteiger partial charge in [-0.15, -0.1) is 0 Å². The Morgan fingerprint density at radius 2 is 1.68 bits per heavy atom. The van der Waals surface area contributed by atoms with Gasteiger partial charge in [0.25, 0.3) is 0 Å². The van der Waals surface area contributed by atoms with Crippen LogP contribution in [0.3, 0.4) is 0 Å². The monoisotopic (exact) mass is 338 g/mol. The summed E-state index contributed by atoms with van der Waals surface area (Å²) in [6.45, 7) is 9.27. The van der Waals surface area contributed by atoms with Crippen molar-refractivity contribution in [2.45, 2.75) is 20.8 Å². The maximum atomic E-state index is 12.6. The van der Waals surface area contributed by atoms with Crippen molar-refractivity contribution in [2.75, 3.05) is 13.2 Å². The Morgan fingerprint density at radius 1 is 1.00 bits per heavy atom. The van der Waals surface area contributed by atoms with Crippen molar-refractivity contribution < 1.29 is 19.1 Å². The van der Waals surface area contributed by atoms with Gasteiger partial charge in [0.2, 0.25) is 0 Å². The largest absolute Gasteiger partial charge is 0.490 e. The van der Waals surface area contributed by atoms with Gasteiger partial charge in [0.05, 0.1) is 0 Å². The normalized spacial score (nSPS) is 10.2. The van der Waals surface area contributed by atoms with E-state index in [2.05, 4.69) is 6.58 Å². The summed E-state index contributed by atoms with van der Waals surface area (Å²) >= 11 is 0. The molecule has 0 N–H and O–H groups in total. The van der Waals surface area contributed by atoms with Crippen LogP contribution in [0.5, 0.6) is 5.75 Å². The number of hydrogen-bond acceptors (Lipinski definition) is 4. The highest BCUT2D eigenvalue weighted by molar-refractivity contribution is 6.10. The van der Waals surface area contributed by atoms with E-state index in [1.807, 2.05) is 44.2 Å². The smallest absolute Gasteiger partial charge is 0.333 e. The number of ketones is 1. The summed E-state index contributed by atoms with van der Waals surface area (Å²) in [5.74, 6) is 0.233. The first-order chi connectivity index (χ1) is 11.9. The lowest BCUT2D eigenvalue weighted by Crippen LogP contribution is -2.13. The first-order valence-corrected chi connectivity index (χ1v) is 8.06. The standard InChI is InChI=1S/C21H22O4/c1-14(2)21(23)25-11-10-24-19-13-15(3)18(12-16(19)4)20(22)17-8-6-5-7-9-17/h5-9,12-13H,1,10-11H2,2-4H3. The SMILES string of the molecule is C=C(C)C(=O)OCCOc1cc(C)c(C(=O)c2ccccc2)cc1C. The molecule has 0 aromatic heterocycles. The van der Waals surface area contributed by atoms with Crippen LogP contribution in [0.2, 0.25) is 0 Å². The van der Waals surface area contributed by atoms with Crippen molar-refractivity contribution in [3.63, 3.8) is 0 Å². The lowest BCUT2D eigenvalue weighted by Gasteiger charge is -2.13. The van der Waals surface area contributed by atoms with E-state index in [0.29, 0.717) is 22.4 Å². The molecule has 130 valence electrons. The molecule has 0 saturated carbocycles. The van der Waals surface area contributed by atoms with Gasteiger partial charge < -0.3 is 9.47 Å². The van der Waals surface area contributed by atoms with Gasteiger partial charge in [-0.3, -0.25) is 4.79 Å². The highest BCUT2D eigenvalue weighted by Crippen LogP contribution is 2.24. The molecule has 0 saturated heterocycles. The molecule has 2 rings (SSSR count). The lowest BCUT2D eigenvalue weighted by molar-refractivity contribution is -0.139. The lowest BCUT2D eigenvalue weighted by atomic mass is 9.97. The summed E-state index contributed by atoms with van der Waals surface area (Å²) < 4.78 is 10.7. The number of carbonyl (C=O) groups is 2. The van der Waals surface area contributed by atoms with Crippen LogP contribution >= 0.6 is 0 Å². The Hall–Kier alpha value is -2.88. The molecule has 0 radical (unpaired) electrons. The molecule has 0 heterocycles.